The first-order chi connectivity index (χ1) is 15.1. The van der Waals surface area contributed by atoms with Gasteiger partial charge in [-0.15, -0.1) is 0 Å². The van der Waals surface area contributed by atoms with E-state index in [2.05, 4.69) is 16.7 Å². The normalized spacial score (nSPS) is 26.0. The van der Waals surface area contributed by atoms with Gasteiger partial charge in [-0.05, 0) is 17.7 Å². The summed E-state index contributed by atoms with van der Waals surface area (Å²) in [5, 5.41) is 9.93. The number of piperazine rings is 1. The Morgan fingerprint density at radius 2 is 2.00 bits per heavy atom. The van der Waals surface area contributed by atoms with Crippen molar-refractivity contribution in [2.75, 3.05) is 66.3 Å². The van der Waals surface area contributed by atoms with Crippen LogP contribution in [0.15, 0.2) is 24.3 Å². The summed E-state index contributed by atoms with van der Waals surface area (Å²) in [6, 6.07) is 7.53. The summed E-state index contributed by atoms with van der Waals surface area (Å²) in [5.41, 5.74) is 1.94. The van der Waals surface area contributed by atoms with Crippen LogP contribution in [0.1, 0.15) is 17.0 Å². The minimum atomic E-state index is -0.251. The van der Waals surface area contributed by atoms with Crippen molar-refractivity contribution in [2.45, 2.75) is 18.0 Å². The number of nitrogens with zero attached hydrogens (tertiary/aromatic N) is 3. The van der Waals surface area contributed by atoms with E-state index in [0.717, 1.165) is 24.2 Å². The maximum absolute atomic E-state index is 12.9. The first-order valence-corrected chi connectivity index (χ1v) is 10.7. The maximum Gasteiger partial charge on any atom is 0.242 e. The zero-order valence-electron chi connectivity index (χ0n) is 17.8. The van der Waals surface area contributed by atoms with Crippen molar-refractivity contribution in [1.82, 2.24) is 14.7 Å². The number of hydrogen-bond donors (Lipinski definition) is 1. The molecular formula is C23H29N3O5. The highest BCUT2D eigenvalue weighted by molar-refractivity contribution is 5.88. The second-order valence-corrected chi connectivity index (χ2v) is 8.16. The lowest BCUT2D eigenvalue weighted by atomic mass is 9.73. The second kappa shape index (κ2) is 9.79. The first kappa shape index (κ1) is 21.8. The predicted molar refractivity (Wildman–Crippen MR) is 113 cm³/mol. The highest BCUT2D eigenvalue weighted by Crippen LogP contribution is 2.42. The predicted octanol–water partition coefficient (Wildman–Crippen LogP) is -0.486. The molecule has 3 atom stereocenters. The molecule has 0 bridgehead atoms. The Kier molecular flexibility index (Phi) is 6.88. The molecule has 0 aliphatic carbocycles. The summed E-state index contributed by atoms with van der Waals surface area (Å²) in [6.45, 7) is 3.91. The molecule has 8 heteroatoms. The smallest absolute Gasteiger partial charge is 0.242 e. The average Bonchev–Trinajstić information content (AvgIpc) is 2.77. The standard InChI is InChI=1S/C23H29N3O5/c1-30-10-2-3-17-4-6-18(7-5-17)23-19-13-25(15-22(29)26(19)20(23)16-27)21(28)14-24-8-11-31-12-9-24/h4-7,19-20,23,27H,8-16H2,1H3/t19-,20-,23-/m0/s1. The van der Waals surface area contributed by atoms with Crippen LogP contribution in [0.25, 0.3) is 0 Å². The van der Waals surface area contributed by atoms with Crippen molar-refractivity contribution >= 4 is 11.8 Å². The van der Waals surface area contributed by atoms with Crippen LogP contribution in [-0.2, 0) is 19.1 Å². The van der Waals surface area contributed by atoms with Crippen LogP contribution in [0.4, 0.5) is 0 Å². The van der Waals surface area contributed by atoms with Gasteiger partial charge in [0, 0.05) is 38.2 Å². The van der Waals surface area contributed by atoms with E-state index in [4.69, 9.17) is 9.47 Å². The summed E-state index contributed by atoms with van der Waals surface area (Å²) < 4.78 is 10.3. The van der Waals surface area contributed by atoms with Crippen molar-refractivity contribution in [3.8, 4) is 11.8 Å². The lowest BCUT2D eigenvalue weighted by molar-refractivity contribution is -0.167. The van der Waals surface area contributed by atoms with Crippen LogP contribution in [-0.4, -0.2) is 110 Å². The number of aliphatic hydroxyl groups is 1. The van der Waals surface area contributed by atoms with Gasteiger partial charge < -0.3 is 24.4 Å². The lowest BCUT2D eigenvalue weighted by Gasteiger charge is -2.58. The number of benzene rings is 1. The summed E-state index contributed by atoms with van der Waals surface area (Å²) in [5.74, 6) is 5.85. The Morgan fingerprint density at radius 3 is 2.68 bits per heavy atom. The highest BCUT2D eigenvalue weighted by atomic mass is 16.5. The molecule has 166 valence electrons. The summed E-state index contributed by atoms with van der Waals surface area (Å²) in [4.78, 5) is 31.1. The van der Waals surface area contributed by atoms with Crippen molar-refractivity contribution in [3.05, 3.63) is 35.4 Å². The van der Waals surface area contributed by atoms with Crippen LogP contribution in [0, 0.1) is 11.8 Å². The fraction of sp³-hybridized carbons (Fsp3) is 0.565. The van der Waals surface area contributed by atoms with Crippen molar-refractivity contribution in [3.63, 3.8) is 0 Å². The molecule has 2 amide bonds. The van der Waals surface area contributed by atoms with E-state index in [-0.39, 0.29) is 43.0 Å². The van der Waals surface area contributed by atoms with E-state index in [1.54, 1.807) is 16.9 Å². The highest BCUT2D eigenvalue weighted by Gasteiger charge is 2.54. The van der Waals surface area contributed by atoms with E-state index in [0.29, 0.717) is 32.9 Å². The molecule has 0 radical (unpaired) electrons. The Morgan fingerprint density at radius 1 is 1.26 bits per heavy atom. The summed E-state index contributed by atoms with van der Waals surface area (Å²) in [6.07, 6.45) is 0. The van der Waals surface area contributed by atoms with Gasteiger partial charge in [-0.3, -0.25) is 14.5 Å². The molecule has 4 rings (SSSR count). The third kappa shape index (κ3) is 4.60. The number of methoxy groups -OCH3 is 1. The molecule has 0 unspecified atom stereocenters. The molecule has 1 aromatic carbocycles. The number of carbonyl (C=O) groups is 2. The molecule has 1 aromatic rings. The van der Waals surface area contributed by atoms with Gasteiger partial charge in [-0.2, -0.15) is 0 Å². The van der Waals surface area contributed by atoms with Gasteiger partial charge in [-0.25, -0.2) is 0 Å². The maximum atomic E-state index is 12.9. The number of fused-ring (bicyclic) bond motifs is 1. The van der Waals surface area contributed by atoms with Crippen molar-refractivity contribution < 1.29 is 24.2 Å². The van der Waals surface area contributed by atoms with Crippen molar-refractivity contribution in [2.24, 2.45) is 0 Å². The molecule has 31 heavy (non-hydrogen) atoms. The number of rotatable bonds is 5. The molecule has 3 aliphatic rings. The van der Waals surface area contributed by atoms with Crippen molar-refractivity contribution in [1.29, 1.82) is 0 Å². The first-order valence-electron chi connectivity index (χ1n) is 10.7. The van der Waals surface area contributed by atoms with E-state index in [9.17, 15) is 14.7 Å². The van der Waals surface area contributed by atoms with Gasteiger partial charge in [0.1, 0.15) is 6.61 Å². The van der Waals surface area contributed by atoms with Gasteiger partial charge in [0.2, 0.25) is 11.8 Å². The largest absolute Gasteiger partial charge is 0.394 e. The van der Waals surface area contributed by atoms with E-state index < -0.39 is 0 Å². The molecule has 0 aromatic heterocycles. The number of amides is 2. The molecule has 8 nitrogen and oxygen atoms in total. The number of carbonyl (C=O) groups excluding carboxylic acids is 2. The van der Waals surface area contributed by atoms with Gasteiger partial charge in [-0.1, -0.05) is 24.0 Å². The SMILES string of the molecule is COCC#Cc1ccc([C@@H]2[C@H](CO)N3C(=O)CN(C(=O)CN4CCOCC4)C[C@@H]23)cc1. The second-order valence-electron chi connectivity index (χ2n) is 8.16. The van der Waals surface area contributed by atoms with Gasteiger partial charge in [0.25, 0.3) is 0 Å². The van der Waals surface area contributed by atoms with Crippen LogP contribution < -0.4 is 0 Å². The Balaban J connectivity index is 1.45. The monoisotopic (exact) mass is 427 g/mol. The number of morpholine rings is 1. The summed E-state index contributed by atoms with van der Waals surface area (Å²) >= 11 is 0. The van der Waals surface area contributed by atoms with Crippen LogP contribution in [0.5, 0.6) is 0 Å². The van der Waals surface area contributed by atoms with E-state index >= 15 is 0 Å². The number of hydrogen-bond acceptors (Lipinski definition) is 6. The minimum absolute atomic E-state index is 0.00563. The van der Waals surface area contributed by atoms with Crippen LogP contribution in [0.2, 0.25) is 0 Å². The molecule has 0 spiro atoms. The third-order valence-electron chi connectivity index (χ3n) is 6.31. The number of aliphatic hydroxyl groups excluding tert-OH is 1. The molecule has 3 fully saturated rings. The minimum Gasteiger partial charge on any atom is -0.394 e. The average molecular weight is 428 g/mol. The molecule has 0 saturated carbocycles. The lowest BCUT2D eigenvalue weighted by Crippen LogP contribution is -2.73. The van der Waals surface area contributed by atoms with Gasteiger partial charge >= 0.3 is 0 Å². The number of ether oxygens (including phenoxy) is 2. The fourth-order valence-corrected chi connectivity index (χ4v) is 4.74. The summed E-state index contributed by atoms with van der Waals surface area (Å²) in [7, 11) is 1.61. The Labute approximate surface area is 182 Å². The van der Waals surface area contributed by atoms with Crippen LogP contribution in [0.3, 0.4) is 0 Å². The topological polar surface area (TPSA) is 82.6 Å². The molecule has 1 N–H and O–H groups in total. The Hall–Kier alpha value is -2.44. The van der Waals surface area contributed by atoms with E-state index in [1.807, 2.05) is 24.3 Å². The molecule has 3 saturated heterocycles. The zero-order valence-corrected chi connectivity index (χ0v) is 17.8. The molecule has 3 aliphatic heterocycles. The third-order valence-corrected chi connectivity index (χ3v) is 6.31. The van der Waals surface area contributed by atoms with E-state index in [1.165, 1.54) is 0 Å². The Bertz CT molecular complexity index is 856. The van der Waals surface area contributed by atoms with Gasteiger partial charge in [0.15, 0.2) is 0 Å². The molecule has 3 heterocycles. The fourth-order valence-electron chi connectivity index (χ4n) is 4.74. The van der Waals surface area contributed by atoms with Gasteiger partial charge in [0.05, 0.1) is 45.0 Å². The zero-order chi connectivity index (χ0) is 21.8. The van der Waals surface area contributed by atoms with Crippen LogP contribution >= 0.6 is 0 Å². The molecular weight excluding hydrogens is 398 g/mol. The quantitative estimate of drug-likeness (QED) is 0.639.